The second kappa shape index (κ2) is 11.1. The van der Waals surface area contributed by atoms with Crippen LogP contribution in [0.5, 0.6) is 11.5 Å². The Kier molecular flexibility index (Phi) is 7.91. The monoisotopic (exact) mass is 463 g/mol. The number of benzene rings is 2. The van der Waals surface area contributed by atoms with Crippen molar-refractivity contribution in [2.24, 2.45) is 0 Å². The highest BCUT2D eigenvalue weighted by atomic mass is 16.5. The zero-order valence-electron chi connectivity index (χ0n) is 20.7. The Balaban J connectivity index is 1.17. The molecule has 2 heterocycles. The van der Waals surface area contributed by atoms with Gasteiger partial charge < -0.3 is 14.6 Å². The van der Waals surface area contributed by atoms with Crippen LogP contribution in [0, 0.1) is 20.8 Å². The number of rotatable bonds is 10. The van der Waals surface area contributed by atoms with Crippen LogP contribution in [0.2, 0.25) is 0 Å². The molecule has 0 aliphatic carbocycles. The van der Waals surface area contributed by atoms with Gasteiger partial charge in [0.1, 0.15) is 23.7 Å². The van der Waals surface area contributed by atoms with Crippen LogP contribution in [-0.4, -0.2) is 51.7 Å². The van der Waals surface area contributed by atoms with Crippen LogP contribution >= 0.6 is 0 Å². The largest absolute Gasteiger partial charge is 0.494 e. The molecule has 0 atom stereocenters. The summed E-state index contributed by atoms with van der Waals surface area (Å²) in [4.78, 5) is 2.40. The van der Waals surface area contributed by atoms with Crippen molar-refractivity contribution < 1.29 is 14.6 Å². The lowest BCUT2D eigenvalue weighted by molar-refractivity contribution is -0.0538. The standard InChI is InChI=1S/C28H37N3O3/c1-22-5-10-27(23(2)19-22)34-21-28(32)12-16-30(17-13-28)20-25-6-8-26(9-7-25)33-18-4-14-31-15-11-24(3)29-31/h5-11,15,19,32H,4,12-14,16-18,20-21H2,1-3H3. The zero-order chi connectivity index (χ0) is 24.0. The number of aromatic nitrogens is 2. The van der Waals surface area contributed by atoms with Gasteiger partial charge in [-0.3, -0.25) is 9.58 Å². The van der Waals surface area contributed by atoms with Crippen molar-refractivity contribution in [1.82, 2.24) is 14.7 Å². The van der Waals surface area contributed by atoms with Crippen LogP contribution < -0.4 is 9.47 Å². The maximum atomic E-state index is 11.0. The van der Waals surface area contributed by atoms with Crippen molar-refractivity contribution in [3.63, 3.8) is 0 Å². The molecule has 0 amide bonds. The highest BCUT2D eigenvalue weighted by Gasteiger charge is 2.33. The fourth-order valence-corrected chi connectivity index (χ4v) is 4.40. The third-order valence-electron chi connectivity index (χ3n) is 6.52. The summed E-state index contributed by atoms with van der Waals surface area (Å²) in [6, 6.07) is 16.5. The molecule has 1 aliphatic heterocycles. The van der Waals surface area contributed by atoms with Gasteiger partial charge in [0.05, 0.1) is 12.3 Å². The Morgan fingerprint density at radius 1 is 0.971 bits per heavy atom. The Bertz CT molecular complexity index is 1050. The summed E-state index contributed by atoms with van der Waals surface area (Å²) in [7, 11) is 0. The van der Waals surface area contributed by atoms with Crippen LogP contribution in [0.25, 0.3) is 0 Å². The molecule has 1 saturated heterocycles. The molecule has 1 aromatic heterocycles. The molecule has 0 bridgehead atoms. The number of hydrogen-bond acceptors (Lipinski definition) is 5. The zero-order valence-corrected chi connectivity index (χ0v) is 20.7. The van der Waals surface area contributed by atoms with Crippen molar-refractivity contribution >= 4 is 0 Å². The highest BCUT2D eigenvalue weighted by Crippen LogP contribution is 2.27. The summed E-state index contributed by atoms with van der Waals surface area (Å²) in [5.74, 6) is 1.76. The van der Waals surface area contributed by atoms with E-state index in [1.165, 1.54) is 11.1 Å². The maximum absolute atomic E-state index is 11.0. The molecule has 0 saturated carbocycles. The number of piperidine rings is 1. The molecular weight excluding hydrogens is 426 g/mol. The van der Waals surface area contributed by atoms with Gasteiger partial charge in [0.25, 0.3) is 0 Å². The smallest absolute Gasteiger partial charge is 0.122 e. The molecule has 34 heavy (non-hydrogen) atoms. The van der Waals surface area contributed by atoms with Crippen molar-refractivity contribution in [3.8, 4) is 11.5 Å². The number of ether oxygens (including phenoxy) is 2. The Labute approximate surface area is 203 Å². The third kappa shape index (κ3) is 6.84. The first-order chi connectivity index (χ1) is 16.4. The minimum atomic E-state index is -0.764. The van der Waals surface area contributed by atoms with E-state index in [0.717, 1.165) is 68.2 Å². The van der Waals surface area contributed by atoms with Gasteiger partial charge >= 0.3 is 0 Å². The number of nitrogens with zero attached hydrogens (tertiary/aromatic N) is 3. The van der Waals surface area contributed by atoms with Crippen LogP contribution in [0.4, 0.5) is 0 Å². The van der Waals surface area contributed by atoms with E-state index < -0.39 is 5.60 Å². The first-order valence-corrected chi connectivity index (χ1v) is 12.3. The first-order valence-electron chi connectivity index (χ1n) is 12.3. The average molecular weight is 464 g/mol. The Hall–Kier alpha value is -2.83. The van der Waals surface area contributed by atoms with Gasteiger partial charge in [-0.1, -0.05) is 29.8 Å². The van der Waals surface area contributed by atoms with E-state index in [-0.39, 0.29) is 0 Å². The second-order valence-electron chi connectivity index (χ2n) is 9.62. The fraction of sp³-hybridized carbons (Fsp3) is 0.464. The molecule has 6 nitrogen and oxygen atoms in total. The minimum Gasteiger partial charge on any atom is -0.494 e. The lowest BCUT2D eigenvalue weighted by atomic mass is 9.92. The highest BCUT2D eigenvalue weighted by molar-refractivity contribution is 5.35. The molecule has 1 fully saturated rings. The number of likely N-dealkylation sites (tertiary alicyclic amines) is 1. The quantitative estimate of drug-likeness (QED) is 0.442. The summed E-state index contributed by atoms with van der Waals surface area (Å²) >= 11 is 0. The Morgan fingerprint density at radius 3 is 2.41 bits per heavy atom. The van der Waals surface area contributed by atoms with Gasteiger partial charge in [0.2, 0.25) is 0 Å². The van der Waals surface area contributed by atoms with Crippen LogP contribution in [0.3, 0.4) is 0 Å². The summed E-state index contributed by atoms with van der Waals surface area (Å²) < 4.78 is 13.8. The van der Waals surface area contributed by atoms with Crippen molar-refractivity contribution in [2.45, 2.75) is 58.7 Å². The van der Waals surface area contributed by atoms with Crippen LogP contribution in [-0.2, 0) is 13.1 Å². The van der Waals surface area contributed by atoms with E-state index in [0.29, 0.717) is 13.2 Å². The second-order valence-corrected chi connectivity index (χ2v) is 9.62. The third-order valence-corrected chi connectivity index (χ3v) is 6.52. The van der Waals surface area contributed by atoms with Crippen LogP contribution in [0.15, 0.2) is 54.7 Å². The van der Waals surface area contributed by atoms with E-state index in [2.05, 4.69) is 35.1 Å². The molecule has 0 radical (unpaired) electrons. The summed E-state index contributed by atoms with van der Waals surface area (Å²) in [6.45, 7) is 10.6. The molecule has 2 aromatic carbocycles. The van der Waals surface area contributed by atoms with E-state index in [1.54, 1.807) is 0 Å². The summed E-state index contributed by atoms with van der Waals surface area (Å²) in [5, 5.41) is 15.4. The molecule has 6 heteroatoms. The van der Waals surface area contributed by atoms with Crippen molar-refractivity contribution in [2.75, 3.05) is 26.3 Å². The normalized spacial score (nSPS) is 15.9. The topological polar surface area (TPSA) is 59.8 Å². The summed E-state index contributed by atoms with van der Waals surface area (Å²) in [5.41, 5.74) is 3.87. The van der Waals surface area contributed by atoms with Crippen LogP contribution in [0.1, 0.15) is 41.6 Å². The number of aliphatic hydroxyl groups is 1. The van der Waals surface area contributed by atoms with Gasteiger partial charge in [-0.15, -0.1) is 0 Å². The maximum Gasteiger partial charge on any atom is 0.122 e. The van der Waals surface area contributed by atoms with Gasteiger partial charge in [-0.05, 0) is 69.0 Å². The molecule has 3 aromatic rings. The molecule has 0 unspecified atom stereocenters. The molecule has 0 spiro atoms. The van der Waals surface area contributed by atoms with Crippen molar-refractivity contribution in [3.05, 3.63) is 77.1 Å². The average Bonchev–Trinajstić information content (AvgIpc) is 3.24. The molecule has 1 aliphatic rings. The minimum absolute atomic E-state index is 0.344. The number of aryl methyl sites for hydroxylation is 4. The van der Waals surface area contributed by atoms with Gasteiger partial charge in [0, 0.05) is 38.8 Å². The lowest BCUT2D eigenvalue weighted by Gasteiger charge is -2.38. The van der Waals surface area contributed by atoms with E-state index in [9.17, 15) is 5.11 Å². The van der Waals surface area contributed by atoms with E-state index >= 15 is 0 Å². The van der Waals surface area contributed by atoms with E-state index in [4.69, 9.17) is 9.47 Å². The van der Waals surface area contributed by atoms with Gasteiger partial charge in [-0.25, -0.2) is 0 Å². The molecule has 1 N–H and O–H groups in total. The van der Waals surface area contributed by atoms with Gasteiger partial charge in [0.15, 0.2) is 0 Å². The molecule has 182 valence electrons. The Morgan fingerprint density at radius 2 is 1.74 bits per heavy atom. The molecule has 4 rings (SSSR count). The first kappa shape index (κ1) is 24.3. The number of hydrogen-bond donors (Lipinski definition) is 1. The fourth-order valence-electron chi connectivity index (χ4n) is 4.40. The van der Waals surface area contributed by atoms with Gasteiger partial charge in [-0.2, -0.15) is 5.10 Å². The molecular formula is C28H37N3O3. The lowest BCUT2D eigenvalue weighted by Crippen LogP contribution is -2.47. The SMILES string of the molecule is Cc1ccc(OCC2(O)CCN(Cc3ccc(OCCCn4ccc(C)n4)cc3)CC2)c(C)c1. The van der Waals surface area contributed by atoms with E-state index in [1.807, 2.05) is 55.1 Å². The summed E-state index contributed by atoms with van der Waals surface area (Å²) in [6.07, 6.45) is 4.36. The predicted octanol–water partition coefficient (Wildman–Crippen LogP) is 4.68. The predicted molar refractivity (Wildman–Crippen MR) is 134 cm³/mol. The van der Waals surface area contributed by atoms with Crippen molar-refractivity contribution in [1.29, 1.82) is 0 Å².